The van der Waals surface area contributed by atoms with Crippen molar-refractivity contribution in [3.8, 4) is 0 Å². The fraction of sp³-hybridized carbons (Fsp3) is 1.00. The van der Waals surface area contributed by atoms with E-state index in [1.165, 1.54) is 7.11 Å². The third-order valence-corrected chi connectivity index (χ3v) is 2.78. The molecular formula is C7H14NaO9P. The van der Waals surface area contributed by atoms with Crippen LogP contribution in [0.25, 0.3) is 0 Å². The fourth-order valence-corrected chi connectivity index (χ4v) is 1.75. The number of rotatable bonds is 4. The first kappa shape index (κ1) is 18.9. The molecule has 0 spiro atoms. The number of aliphatic hydroxyl groups is 3. The van der Waals surface area contributed by atoms with Gasteiger partial charge in [-0.15, -0.1) is 0 Å². The molecule has 0 amide bonds. The first-order chi connectivity index (χ1) is 7.76. The van der Waals surface area contributed by atoms with Crippen LogP contribution in [0.3, 0.4) is 0 Å². The maximum atomic E-state index is 10.4. The van der Waals surface area contributed by atoms with Crippen LogP contribution in [-0.2, 0) is 18.6 Å². The molecule has 6 atom stereocenters. The Bertz CT molecular complexity index is 295. The molecule has 11 heteroatoms. The molecule has 18 heavy (non-hydrogen) atoms. The van der Waals surface area contributed by atoms with Crippen LogP contribution in [0.5, 0.6) is 0 Å². The van der Waals surface area contributed by atoms with Crippen LogP contribution in [-0.4, -0.2) is 64.6 Å². The number of phosphoric acid groups is 1. The predicted molar refractivity (Wildman–Crippen MR) is 49.5 cm³/mol. The second-order valence-corrected chi connectivity index (χ2v) is 4.71. The Balaban J connectivity index is 0.00000289. The molecule has 0 bridgehead atoms. The van der Waals surface area contributed by atoms with Gasteiger partial charge in [0.1, 0.15) is 24.4 Å². The van der Waals surface area contributed by atoms with E-state index in [9.17, 15) is 24.8 Å². The van der Waals surface area contributed by atoms with E-state index in [1.807, 2.05) is 0 Å². The molecule has 0 aromatic heterocycles. The number of aliphatic hydroxyl groups excluding tert-OH is 3. The van der Waals surface area contributed by atoms with Crippen LogP contribution in [0, 0.1) is 0 Å². The average molecular weight is 296 g/mol. The SMILES string of the molecule is COC1O[C@H](COP(=O)([O-])O)[C@@H](O)[C@H](O)[C@@H]1O.[Na+]. The van der Waals surface area contributed by atoms with Crippen LogP contribution in [0.15, 0.2) is 0 Å². The van der Waals surface area contributed by atoms with Gasteiger partial charge in [0.15, 0.2) is 6.29 Å². The van der Waals surface area contributed by atoms with Crippen molar-refractivity contribution in [1.29, 1.82) is 0 Å². The molecule has 102 valence electrons. The van der Waals surface area contributed by atoms with Crippen molar-refractivity contribution in [2.45, 2.75) is 30.7 Å². The first-order valence-corrected chi connectivity index (χ1v) is 6.16. The number of ether oxygens (including phenoxy) is 2. The smallest absolute Gasteiger partial charge is 0.756 e. The van der Waals surface area contributed by atoms with E-state index in [1.54, 1.807) is 0 Å². The normalized spacial score (nSPS) is 39.8. The molecule has 4 N–H and O–H groups in total. The summed E-state index contributed by atoms with van der Waals surface area (Å²) in [6, 6.07) is 0. The van der Waals surface area contributed by atoms with Crippen molar-refractivity contribution < 1.29 is 73.2 Å². The maximum Gasteiger partial charge on any atom is 1.00 e. The molecule has 0 aromatic carbocycles. The Morgan fingerprint density at radius 3 is 2.28 bits per heavy atom. The molecule has 0 saturated carbocycles. The summed E-state index contributed by atoms with van der Waals surface area (Å²) in [4.78, 5) is 18.7. The summed E-state index contributed by atoms with van der Waals surface area (Å²) in [5, 5.41) is 28.3. The topological polar surface area (TPSA) is 149 Å². The van der Waals surface area contributed by atoms with E-state index in [0.29, 0.717) is 0 Å². The molecular weight excluding hydrogens is 282 g/mol. The van der Waals surface area contributed by atoms with Crippen molar-refractivity contribution in [3.05, 3.63) is 0 Å². The zero-order chi connectivity index (χ0) is 13.2. The van der Waals surface area contributed by atoms with Gasteiger partial charge in [-0.05, 0) is 0 Å². The zero-order valence-electron chi connectivity index (χ0n) is 9.87. The molecule has 1 fully saturated rings. The van der Waals surface area contributed by atoms with Crippen molar-refractivity contribution in [1.82, 2.24) is 0 Å². The minimum absolute atomic E-state index is 0. The van der Waals surface area contributed by atoms with Crippen LogP contribution < -0.4 is 34.5 Å². The van der Waals surface area contributed by atoms with E-state index >= 15 is 0 Å². The van der Waals surface area contributed by atoms with Gasteiger partial charge >= 0.3 is 29.6 Å². The summed E-state index contributed by atoms with van der Waals surface area (Å²) in [6.45, 7) is -0.706. The first-order valence-electron chi connectivity index (χ1n) is 4.67. The average Bonchev–Trinajstić information content (AvgIpc) is 2.24. The van der Waals surface area contributed by atoms with Crippen LogP contribution in [0.4, 0.5) is 0 Å². The quantitative estimate of drug-likeness (QED) is 0.293. The van der Waals surface area contributed by atoms with Gasteiger partial charge in [-0.25, -0.2) is 0 Å². The van der Waals surface area contributed by atoms with E-state index in [4.69, 9.17) is 9.63 Å². The molecule has 0 aromatic rings. The largest absolute Gasteiger partial charge is 1.00 e. The van der Waals surface area contributed by atoms with Gasteiger partial charge in [0, 0.05) is 7.11 Å². The number of hydrogen-bond donors (Lipinski definition) is 4. The van der Waals surface area contributed by atoms with Gasteiger partial charge in [0.05, 0.1) is 6.61 Å². The number of methoxy groups -OCH3 is 1. The van der Waals surface area contributed by atoms with Gasteiger partial charge in [-0.2, -0.15) is 0 Å². The van der Waals surface area contributed by atoms with Gasteiger partial charge in [-0.3, -0.25) is 4.57 Å². The second kappa shape index (κ2) is 7.63. The van der Waals surface area contributed by atoms with Crippen molar-refractivity contribution in [3.63, 3.8) is 0 Å². The Morgan fingerprint density at radius 1 is 1.28 bits per heavy atom. The second-order valence-electron chi connectivity index (χ2n) is 3.51. The fourth-order valence-electron chi connectivity index (χ4n) is 1.42. The number of hydrogen-bond acceptors (Lipinski definition) is 8. The van der Waals surface area contributed by atoms with Crippen molar-refractivity contribution in [2.24, 2.45) is 0 Å². The van der Waals surface area contributed by atoms with Gasteiger partial charge in [0.25, 0.3) is 7.82 Å². The summed E-state index contributed by atoms with van der Waals surface area (Å²) < 4.78 is 24.0. The van der Waals surface area contributed by atoms with Crippen molar-refractivity contribution in [2.75, 3.05) is 13.7 Å². The van der Waals surface area contributed by atoms with Gasteiger partial charge < -0.3 is 39.1 Å². The van der Waals surface area contributed by atoms with E-state index in [0.717, 1.165) is 0 Å². The summed E-state index contributed by atoms with van der Waals surface area (Å²) in [7, 11) is -3.75. The molecule has 9 nitrogen and oxygen atoms in total. The standard InChI is InChI=1S/C7H15O9P.Na/c1-14-7-6(10)5(9)4(8)3(16-7)2-15-17(11,12)13;/h3-10H,2H2,1H3,(H2,11,12,13);/q;+1/p-1/t3-,4-,5+,6+,7?;/m1./s1. The maximum absolute atomic E-state index is 10.4. The summed E-state index contributed by atoms with van der Waals surface area (Å²) in [5.74, 6) is 0. The van der Waals surface area contributed by atoms with E-state index in [-0.39, 0.29) is 29.6 Å². The molecule has 1 aliphatic heterocycles. The van der Waals surface area contributed by atoms with Gasteiger partial charge in [0.2, 0.25) is 0 Å². The summed E-state index contributed by atoms with van der Waals surface area (Å²) in [6.07, 6.45) is -7.10. The minimum atomic E-state index is -4.95. The Hall–Kier alpha value is 0.910. The van der Waals surface area contributed by atoms with Crippen LogP contribution >= 0.6 is 7.82 Å². The van der Waals surface area contributed by atoms with Crippen LogP contribution in [0.1, 0.15) is 0 Å². The summed E-state index contributed by atoms with van der Waals surface area (Å²) >= 11 is 0. The molecule has 1 heterocycles. The Labute approximate surface area is 125 Å². The third-order valence-electron chi connectivity index (χ3n) is 2.30. The van der Waals surface area contributed by atoms with Crippen LogP contribution in [0.2, 0.25) is 0 Å². The molecule has 1 rings (SSSR count). The monoisotopic (exact) mass is 296 g/mol. The number of phosphoric ester groups is 1. The molecule has 1 saturated heterocycles. The van der Waals surface area contributed by atoms with Gasteiger partial charge in [-0.1, -0.05) is 0 Å². The third kappa shape index (κ3) is 5.12. The molecule has 0 aliphatic carbocycles. The van der Waals surface area contributed by atoms with E-state index < -0.39 is 45.1 Å². The molecule has 2 unspecified atom stereocenters. The van der Waals surface area contributed by atoms with E-state index in [2.05, 4.69) is 9.26 Å². The van der Waals surface area contributed by atoms with Crippen molar-refractivity contribution >= 4 is 7.82 Å². The minimum Gasteiger partial charge on any atom is -0.756 e. The zero-order valence-corrected chi connectivity index (χ0v) is 12.8. The Morgan fingerprint density at radius 2 is 1.83 bits per heavy atom. The molecule has 0 radical (unpaired) electrons. The molecule has 1 aliphatic rings. The predicted octanol–water partition coefficient (Wildman–Crippen LogP) is -6.08. The Kier molecular flexibility index (Phi) is 8.01. The summed E-state index contributed by atoms with van der Waals surface area (Å²) in [5.41, 5.74) is 0.